The van der Waals surface area contributed by atoms with E-state index < -0.39 is 0 Å². The highest BCUT2D eigenvalue weighted by molar-refractivity contribution is 7.18. The van der Waals surface area contributed by atoms with E-state index in [2.05, 4.69) is 54.4 Å². The molecule has 4 nitrogen and oxygen atoms in total. The summed E-state index contributed by atoms with van der Waals surface area (Å²) in [5.41, 5.74) is 2.20. The maximum absolute atomic E-state index is 4.95. The van der Waals surface area contributed by atoms with E-state index >= 15 is 0 Å². The first-order chi connectivity index (χ1) is 11.2. The molecule has 1 fully saturated rings. The van der Waals surface area contributed by atoms with E-state index in [9.17, 15) is 0 Å². The maximum atomic E-state index is 4.95. The lowest BCUT2D eigenvalue weighted by atomic mass is 10.1. The van der Waals surface area contributed by atoms with Crippen molar-refractivity contribution in [2.75, 3.05) is 24.5 Å². The van der Waals surface area contributed by atoms with Gasteiger partial charge in [-0.15, -0.1) is 11.3 Å². The van der Waals surface area contributed by atoms with Crippen LogP contribution in [0, 0.1) is 6.92 Å². The smallest absolute Gasteiger partial charge is 0.227 e. The van der Waals surface area contributed by atoms with Crippen LogP contribution in [0.5, 0.6) is 0 Å². The highest BCUT2D eigenvalue weighted by Gasteiger charge is 2.22. The summed E-state index contributed by atoms with van der Waals surface area (Å²) >= 11 is 1.75. The Morgan fingerprint density at radius 3 is 2.83 bits per heavy atom. The normalized spacial score (nSPS) is 18.5. The summed E-state index contributed by atoms with van der Waals surface area (Å²) in [5, 5.41) is 4.58. The van der Waals surface area contributed by atoms with Crippen molar-refractivity contribution >= 4 is 27.5 Å². The van der Waals surface area contributed by atoms with Crippen LogP contribution in [0.3, 0.4) is 0 Å². The van der Waals surface area contributed by atoms with Gasteiger partial charge in [0.15, 0.2) is 0 Å². The molecule has 1 aromatic carbocycles. The zero-order chi connectivity index (χ0) is 15.8. The average Bonchev–Trinajstić information content (AvgIpc) is 2.95. The Kier molecular flexibility index (Phi) is 3.75. The van der Waals surface area contributed by atoms with Crippen LogP contribution >= 0.6 is 11.3 Å². The molecule has 3 heterocycles. The third-order valence-corrected chi connectivity index (χ3v) is 5.25. The van der Waals surface area contributed by atoms with E-state index in [1.807, 2.05) is 6.07 Å². The van der Waals surface area contributed by atoms with Crippen molar-refractivity contribution in [2.45, 2.75) is 19.9 Å². The van der Waals surface area contributed by atoms with Gasteiger partial charge in [0.25, 0.3) is 0 Å². The van der Waals surface area contributed by atoms with Crippen LogP contribution in [0.15, 0.2) is 36.4 Å². The van der Waals surface area contributed by atoms with E-state index in [-0.39, 0.29) is 0 Å². The van der Waals surface area contributed by atoms with Crippen LogP contribution in [0.2, 0.25) is 0 Å². The van der Waals surface area contributed by atoms with Gasteiger partial charge < -0.3 is 10.2 Å². The number of aryl methyl sites for hydroxylation is 1. The van der Waals surface area contributed by atoms with Crippen molar-refractivity contribution in [3.05, 3.63) is 41.3 Å². The van der Waals surface area contributed by atoms with Gasteiger partial charge in [-0.1, -0.05) is 30.3 Å². The monoisotopic (exact) mass is 324 g/mol. The number of benzene rings is 1. The highest BCUT2D eigenvalue weighted by Crippen LogP contribution is 2.33. The quantitative estimate of drug-likeness (QED) is 0.784. The highest BCUT2D eigenvalue weighted by atomic mass is 32.1. The minimum absolute atomic E-state index is 0.408. The molecule has 118 valence electrons. The molecule has 5 heteroatoms. The Labute approximate surface area is 140 Å². The predicted octanol–water partition coefficient (Wildman–Crippen LogP) is 3.46. The zero-order valence-electron chi connectivity index (χ0n) is 13.4. The van der Waals surface area contributed by atoms with Gasteiger partial charge >= 0.3 is 0 Å². The number of thiophene rings is 1. The third kappa shape index (κ3) is 2.71. The summed E-state index contributed by atoms with van der Waals surface area (Å²) in [6.07, 6.45) is 0. The van der Waals surface area contributed by atoms with E-state index in [0.29, 0.717) is 6.04 Å². The van der Waals surface area contributed by atoms with Gasteiger partial charge in [-0.05, 0) is 19.9 Å². The van der Waals surface area contributed by atoms with Crippen molar-refractivity contribution in [3.63, 3.8) is 0 Å². The van der Waals surface area contributed by atoms with Gasteiger partial charge in [0.2, 0.25) is 5.95 Å². The molecule has 3 aromatic rings. The van der Waals surface area contributed by atoms with Crippen molar-refractivity contribution in [3.8, 4) is 11.3 Å². The molecule has 0 spiro atoms. The fourth-order valence-corrected chi connectivity index (χ4v) is 3.99. The van der Waals surface area contributed by atoms with Crippen molar-refractivity contribution < 1.29 is 0 Å². The van der Waals surface area contributed by atoms with E-state index in [0.717, 1.165) is 47.1 Å². The summed E-state index contributed by atoms with van der Waals surface area (Å²) in [6.45, 7) is 7.27. The van der Waals surface area contributed by atoms with Crippen LogP contribution in [0.4, 0.5) is 5.95 Å². The van der Waals surface area contributed by atoms with Gasteiger partial charge in [-0.25, -0.2) is 9.97 Å². The molecule has 2 aromatic heterocycles. The van der Waals surface area contributed by atoms with E-state index in [4.69, 9.17) is 9.97 Å². The Balaban J connectivity index is 1.90. The summed E-state index contributed by atoms with van der Waals surface area (Å²) < 4.78 is 0. The summed E-state index contributed by atoms with van der Waals surface area (Å²) in [5.74, 6) is 0.854. The first-order valence-corrected chi connectivity index (χ1v) is 8.85. The molecule has 23 heavy (non-hydrogen) atoms. The molecule has 1 unspecified atom stereocenters. The van der Waals surface area contributed by atoms with Crippen LogP contribution < -0.4 is 10.2 Å². The lowest BCUT2D eigenvalue weighted by molar-refractivity contribution is 0.493. The fraction of sp³-hybridized carbons (Fsp3) is 0.333. The fourth-order valence-electron chi connectivity index (χ4n) is 3.11. The van der Waals surface area contributed by atoms with Gasteiger partial charge in [-0.2, -0.15) is 0 Å². The molecule has 1 aliphatic rings. The number of nitrogens with zero attached hydrogens (tertiary/aromatic N) is 3. The molecular weight excluding hydrogens is 304 g/mol. The second kappa shape index (κ2) is 5.91. The summed E-state index contributed by atoms with van der Waals surface area (Å²) in [6, 6.07) is 13.0. The summed E-state index contributed by atoms with van der Waals surface area (Å²) in [7, 11) is 0. The lowest BCUT2D eigenvalue weighted by Crippen LogP contribution is -2.50. The Morgan fingerprint density at radius 2 is 2.04 bits per heavy atom. The number of hydrogen-bond acceptors (Lipinski definition) is 5. The third-order valence-electron chi connectivity index (χ3n) is 4.31. The van der Waals surface area contributed by atoms with Crippen LogP contribution in [0.1, 0.15) is 11.8 Å². The van der Waals surface area contributed by atoms with Gasteiger partial charge in [-0.3, -0.25) is 0 Å². The lowest BCUT2D eigenvalue weighted by Gasteiger charge is -2.34. The molecule has 1 saturated heterocycles. The number of anilines is 1. The minimum atomic E-state index is 0.408. The zero-order valence-corrected chi connectivity index (χ0v) is 14.2. The Morgan fingerprint density at radius 1 is 1.22 bits per heavy atom. The van der Waals surface area contributed by atoms with Crippen LogP contribution in [-0.2, 0) is 0 Å². The molecule has 4 rings (SSSR count). The van der Waals surface area contributed by atoms with Crippen LogP contribution in [0.25, 0.3) is 21.5 Å². The SMILES string of the molecule is Cc1cc2c(-c3ccccc3)nc(N3CCNCC3C)nc2s1. The second-order valence-corrected chi connectivity index (χ2v) is 7.30. The molecule has 0 radical (unpaired) electrons. The standard InChI is InChI=1S/C18H20N4S/c1-12-11-19-8-9-22(12)18-20-16(14-6-4-3-5-7-14)15-10-13(2)23-17(15)21-18/h3-7,10,12,19H,8-9,11H2,1-2H3. The number of hydrogen-bond donors (Lipinski definition) is 1. The van der Waals surface area contributed by atoms with Crippen molar-refractivity contribution in [1.29, 1.82) is 0 Å². The molecule has 0 saturated carbocycles. The number of rotatable bonds is 2. The summed E-state index contributed by atoms with van der Waals surface area (Å²) in [4.78, 5) is 14.5. The largest absolute Gasteiger partial charge is 0.336 e. The number of aromatic nitrogens is 2. The topological polar surface area (TPSA) is 41.1 Å². The molecule has 0 aliphatic carbocycles. The minimum Gasteiger partial charge on any atom is -0.336 e. The van der Waals surface area contributed by atoms with Crippen molar-refractivity contribution in [2.24, 2.45) is 0 Å². The van der Waals surface area contributed by atoms with E-state index in [1.54, 1.807) is 11.3 Å². The number of fused-ring (bicyclic) bond motifs is 1. The van der Waals surface area contributed by atoms with Crippen molar-refractivity contribution in [1.82, 2.24) is 15.3 Å². The van der Waals surface area contributed by atoms with E-state index in [1.165, 1.54) is 4.88 Å². The molecule has 1 aliphatic heterocycles. The molecule has 1 atom stereocenters. The second-order valence-electron chi connectivity index (χ2n) is 6.06. The van der Waals surface area contributed by atoms with Gasteiger partial charge in [0, 0.05) is 41.5 Å². The van der Waals surface area contributed by atoms with Gasteiger partial charge in [0.1, 0.15) is 4.83 Å². The van der Waals surface area contributed by atoms with Gasteiger partial charge in [0.05, 0.1) is 5.69 Å². The average molecular weight is 324 g/mol. The first kappa shape index (κ1) is 14.6. The Bertz CT molecular complexity index is 828. The molecule has 0 bridgehead atoms. The first-order valence-electron chi connectivity index (χ1n) is 8.03. The maximum Gasteiger partial charge on any atom is 0.227 e. The van der Waals surface area contributed by atoms with Crippen LogP contribution in [-0.4, -0.2) is 35.6 Å². The number of nitrogens with one attached hydrogen (secondary N) is 1. The molecular formula is C18H20N4S. The predicted molar refractivity (Wildman–Crippen MR) is 97.3 cm³/mol. The molecule has 1 N–H and O–H groups in total. The molecule has 0 amide bonds. The Hall–Kier alpha value is -1.98. The number of piperazine rings is 1.